The van der Waals surface area contributed by atoms with Crippen LogP contribution in [0.5, 0.6) is 0 Å². The third-order valence-electron chi connectivity index (χ3n) is 12.7. The van der Waals surface area contributed by atoms with Crippen LogP contribution in [0.2, 0.25) is 0 Å². The number of rotatable bonds is 10. The molecule has 0 spiro atoms. The Morgan fingerprint density at radius 2 is 1.67 bits per heavy atom. The minimum absolute atomic E-state index is 0.0482. The Kier molecular flexibility index (Phi) is 15.2. The van der Waals surface area contributed by atoms with Crippen molar-refractivity contribution in [2.24, 2.45) is 17.8 Å². The van der Waals surface area contributed by atoms with Crippen LogP contribution in [0.15, 0.2) is 30.3 Å². The van der Waals surface area contributed by atoms with Gasteiger partial charge in [0.05, 0.1) is 41.9 Å². The zero-order chi connectivity index (χ0) is 42.5. The Morgan fingerprint density at radius 1 is 0.966 bits per heavy atom. The number of ketones is 2. The summed E-state index contributed by atoms with van der Waals surface area (Å²) < 4.78 is 44.3. The molecule has 0 aliphatic carbocycles. The van der Waals surface area contributed by atoms with E-state index in [2.05, 4.69) is 12.1 Å². The lowest BCUT2D eigenvalue weighted by Crippen LogP contribution is -2.60. The summed E-state index contributed by atoms with van der Waals surface area (Å²) in [6.07, 6.45) is -2.07. The van der Waals surface area contributed by atoms with Gasteiger partial charge < -0.3 is 43.0 Å². The van der Waals surface area contributed by atoms with E-state index in [9.17, 15) is 24.0 Å². The summed E-state index contributed by atoms with van der Waals surface area (Å²) >= 11 is 0. The van der Waals surface area contributed by atoms with Gasteiger partial charge in [-0.05, 0) is 85.9 Å². The van der Waals surface area contributed by atoms with Crippen LogP contribution in [0.1, 0.15) is 99.5 Å². The molecule has 58 heavy (non-hydrogen) atoms. The van der Waals surface area contributed by atoms with Crippen LogP contribution < -0.4 is 0 Å². The summed E-state index contributed by atoms with van der Waals surface area (Å²) in [5.74, 6) is -3.92. The molecule has 0 N–H and O–H groups in total. The molecular formula is C44H66N2O12. The number of ether oxygens (including phenoxy) is 7. The van der Waals surface area contributed by atoms with Crippen molar-refractivity contribution in [3.05, 3.63) is 35.9 Å². The van der Waals surface area contributed by atoms with E-state index in [-0.39, 0.29) is 49.8 Å². The minimum atomic E-state index is -1.35. The molecule has 4 saturated heterocycles. The first-order valence-corrected chi connectivity index (χ1v) is 21.1. The molecule has 2 bridgehead atoms. The topological polar surface area (TPSA) is 156 Å². The van der Waals surface area contributed by atoms with Crippen molar-refractivity contribution in [1.82, 2.24) is 9.80 Å². The summed E-state index contributed by atoms with van der Waals surface area (Å²) in [6.45, 7) is 13.7. The van der Waals surface area contributed by atoms with Gasteiger partial charge in [-0.15, -0.1) is 0 Å². The number of nitrogens with zero attached hydrogens (tertiary/aromatic N) is 2. The third kappa shape index (κ3) is 10.3. The van der Waals surface area contributed by atoms with E-state index in [1.807, 2.05) is 58.0 Å². The van der Waals surface area contributed by atoms with Gasteiger partial charge in [0.15, 0.2) is 23.8 Å². The molecule has 324 valence electrons. The highest BCUT2D eigenvalue weighted by molar-refractivity contribution is 5.85. The fourth-order valence-corrected chi connectivity index (χ4v) is 9.52. The van der Waals surface area contributed by atoms with Crippen molar-refractivity contribution in [3.63, 3.8) is 0 Å². The van der Waals surface area contributed by atoms with Crippen LogP contribution in [-0.2, 0) is 58.8 Å². The quantitative estimate of drug-likeness (QED) is 0.170. The number of amides is 1. The molecule has 0 aromatic heterocycles. The van der Waals surface area contributed by atoms with Gasteiger partial charge in [0.1, 0.15) is 25.1 Å². The van der Waals surface area contributed by atoms with Crippen molar-refractivity contribution >= 4 is 29.6 Å². The number of likely N-dealkylation sites (N-methyl/N-ethyl adjacent to an activating group) is 1. The van der Waals surface area contributed by atoms with Crippen LogP contribution >= 0.6 is 0 Å². The number of aryl methyl sites for hydroxylation is 1. The second-order valence-electron chi connectivity index (χ2n) is 17.6. The number of hydrogen-bond acceptors (Lipinski definition) is 13. The van der Waals surface area contributed by atoms with Gasteiger partial charge in [-0.1, -0.05) is 51.1 Å². The van der Waals surface area contributed by atoms with Crippen molar-refractivity contribution in [1.29, 1.82) is 0 Å². The molecule has 1 aromatic rings. The molecule has 3 unspecified atom stereocenters. The van der Waals surface area contributed by atoms with Crippen LogP contribution in [0.4, 0.5) is 4.79 Å². The van der Waals surface area contributed by atoms with Crippen LogP contribution in [0, 0.1) is 17.8 Å². The van der Waals surface area contributed by atoms with Crippen molar-refractivity contribution in [2.75, 3.05) is 33.9 Å². The summed E-state index contributed by atoms with van der Waals surface area (Å²) in [5.41, 5.74) is -1.46. The molecule has 1 amide bonds. The predicted molar refractivity (Wildman–Crippen MR) is 213 cm³/mol. The first kappa shape index (κ1) is 45.7. The lowest BCUT2D eigenvalue weighted by atomic mass is 9.74. The van der Waals surface area contributed by atoms with Gasteiger partial charge >= 0.3 is 18.0 Å². The highest BCUT2D eigenvalue weighted by Gasteiger charge is 2.60. The van der Waals surface area contributed by atoms with E-state index in [0.717, 1.165) is 12.8 Å². The number of benzene rings is 1. The van der Waals surface area contributed by atoms with Gasteiger partial charge in [0, 0.05) is 31.7 Å². The Hall–Kier alpha value is -3.43. The Balaban J connectivity index is 1.54. The van der Waals surface area contributed by atoms with Crippen molar-refractivity contribution < 1.29 is 57.1 Å². The highest BCUT2D eigenvalue weighted by Crippen LogP contribution is 2.43. The molecule has 14 heteroatoms. The Bertz CT molecular complexity index is 1610. The second-order valence-corrected chi connectivity index (χ2v) is 17.6. The van der Waals surface area contributed by atoms with Crippen LogP contribution in [-0.4, -0.2) is 133 Å². The molecule has 14 nitrogen and oxygen atoms in total. The maximum absolute atomic E-state index is 14.8. The molecule has 0 saturated carbocycles. The van der Waals surface area contributed by atoms with E-state index in [1.165, 1.54) is 12.5 Å². The Morgan fingerprint density at radius 3 is 2.33 bits per heavy atom. The zero-order valence-electron chi connectivity index (χ0n) is 36.1. The summed E-state index contributed by atoms with van der Waals surface area (Å²) in [4.78, 5) is 72.2. The molecule has 13 atom stereocenters. The second kappa shape index (κ2) is 19.3. The molecule has 5 rings (SSSR count). The van der Waals surface area contributed by atoms with E-state index < -0.39 is 83.7 Å². The predicted octanol–water partition coefficient (Wildman–Crippen LogP) is 5.31. The monoisotopic (exact) mass is 814 g/mol. The number of Topliss-reactive ketones (excluding diaryl/α,β-unsaturated/α-hetero) is 2. The van der Waals surface area contributed by atoms with E-state index in [4.69, 9.17) is 33.2 Å². The number of esters is 2. The maximum atomic E-state index is 14.8. The highest BCUT2D eigenvalue weighted by atomic mass is 16.7. The first-order chi connectivity index (χ1) is 27.4. The SMILES string of the molecule is CC[C@H]1OC(=O)[C@H](C)[C@H]2C[C@@H](OC3O[C@H](C)C[C@H](N(C)C)[C@H]3OC(C)=O)[C@](C)(C[C@@H](C)C(=O)[C@H](C)C3N(CCCCc4ccccc4)C(=O)OC31C)OCC(=O)CO2. The van der Waals surface area contributed by atoms with Gasteiger partial charge in [0.2, 0.25) is 0 Å². The summed E-state index contributed by atoms with van der Waals surface area (Å²) in [5, 5.41) is 0. The molecule has 0 radical (unpaired) electrons. The van der Waals surface area contributed by atoms with Crippen LogP contribution in [0.25, 0.3) is 0 Å². The molecule has 4 aliphatic rings. The lowest BCUT2D eigenvalue weighted by molar-refractivity contribution is -0.296. The summed E-state index contributed by atoms with van der Waals surface area (Å²) in [6, 6.07) is 9.12. The molecule has 4 fully saturated rings. The normalized spacial score (nSPS) is 37.9. The molecule has 1 aromatic carbocycles. The van der Waals surface area contributed by atoms with Gasteiger partial charge in [0.25, 0.3) is 0 Å². The smallest absolute Gasteiger partial charge is 0.410 e. The number of hydrogen-bond donors (Lipinski definition) is 0. The number of fused-ring (bicyclic) bond motifs is 4. The number of cyclic esters (lactones) is 1. The number of carbonyl (C=O) groups is 5. The average molecular weight is 815 g/mol. The van der Waals surface area contributed by atoms with Gasteiger partial charge in [-0.2, -0.15) is 0 Å². The standard InChI is InChI=1S/C44H66N2O12/c1-11-35-44(8)39(46(42(51)58-44)20-16-15-19-31-17-13-12-14-18-31)29(5)37(49)26(2)23-43(7)36(22-34(28(4)40(50)56-35)52-24-32(48)25-53-43)57-41-38(55-30(6)47)33(45(9)10)21-27(3)54-41/h12-14,17-18,26-29,33-36,38-39,41H,11,15-16,19-25H2,1-10H3/t26-,27-,28-,29+,33+,34-,35-,36-,38-,39?,41?,43+,44?/m1/s1. The largest absolute Gasteiger partial charge is 0.458 e. The fourth-order valence-electron chi connectivity index (χ4n) is 9.52. The fraction of sp³-hybridized carbons (Fsp3) is 0.750. The van der Waals surface area contributed by atoms with Gasteiger partial charge in [-0.3, -0.25) is 19.2 Å². The molecule has 4 heterocycles. The lowest BCUT2D eigenvalue weighted by Gasteiger charge is -2.47. The summed E-state index contributed by atoms with van der Waals surface area (Å²) in [7, 11) is 3.79. The zero-order valence-corrected chi connectivity index (χ0v) is 36.1. The molecule has 4 aliphatic heterocycles. The van der Waals surface area contributed by atoms with Gasteiger partial charge in [-0.25, -0.2) is 4.79 Å². The van der Waals surface area contributed by atoms with E-state index in [1.54, 1.807) is 32.6 Å². The third-order valence-corrected chi connectivity index (χ3v) is 12.7. The van der Waals surface area contributed by atoms with Crippen molar-refractivity contribution in [3.8, 4) is 0 Å². The number of unbranched alkanes of at least 4 members (excludes halogenated alkanes) is 1. The van der Waals surface area contributed by atoms with Crippen molar-refractivity contribution in [2.45, 2.75) is 160 Å². The number of carbonyl (C=O) groups excluding carboxylic acids is 5. The maximum Gasteiger partial charge on any atom is 0.410 e. The Labute approximate surface area is 343 Å². The van der Waals surface area contributed by atoms with E-state index >= 15 is 0 Å². The first-order valence-electron chi connectivity index (χ1n) is 21.1. The van der Waals surface area contributed by atoms with E-state index in [0.29, 0.717) is 25.8 Å². The average Bonchev–Trinajstić information content (AvgIpc) is 3.46. The molecular weight excluding hydrogens is 748 g/mol. The minimum Gasteiger partial charge on any atom is -0.458 e. The van der Waals surface area contributed by atoms with Crippen LogP contribution in [0.3, 0.4) is 0 Å².